The largest absolute Gasteiger partial charge is 0.726 e. The maximum absolute atomic E-state index is 12.2. The Labute approximate surface area is 620 Å². The van der Waals surface area contributed by atoms with Gasteiger partial charge in [-0.15, -0.1) is 0 Å². The van der Waals surface area contributed by atoms with Crippen molar-refractivity contribution in [2.45, 2.75) is 299 Å². The van der Waals surface area contributed by atoms with Crippen LogP contribution in [0.5, 0.6) is 0 Å². The van der Waals surface area contributed by atoms with Gasteiger partial charge >= 0.3 is 0 Å². The zero-order chi connectivity index (χ0) is 75.1. The summed E-state index contributed by atoms with van der Waals surface area (Å²) < 4.78 is 113. The smallest absolute Gasteiger partial charge is 0.217 e. The van der Waals surface area contributed by atoms with Gasteiger partial charge in [0.2, 0.25) is 31.2 Å². The number of hydrogen-bond acceptors (Lipinski definition) is 20. The number of nitrogens with one attached hydrogen (secondary N) is 2. The van der Waals surface area contributed by atoms with Crippen LogP contribution in [-0.2, 0) is 64.6 Å². The predicted octanol–water partition coefficient (Wildman–Crippen LogP) is 13.3. The molecule has 0 spiro atoms. The molecule has 8 N–H and O–H groups in total. The summed E-state index contributed by atoms with van der Waals surface area (Å²) in [6.45, 7) is 24.1. The highest BCUT2D eigenvalue weighted by atomic mass is 32.3. The van der Waals surface area contributed by atoms with E-state index in [2.05, 4.69) is 62.9 Å². The van der Waals surface area contributed by atoms with E-state index in [0.29, 0.717) is 128 Å². The predicted molar refractivity (Wildman–Crippen MR) is 396 cm³/mol. The van der Waals surface area contributed by atoms with Crippen molar-refractivity contribution in [1.82, 2.24) is 15.3 Å². The molecule has 0 saturated heterocycles. The van der Waals surface area contributed by atoms with Gasteiger partial charge in [-0.1, -0.05) is 78.9 Å². The van der Waals surface area contributed by atoms with Crippen LogP contribution >= 0.6 is 0 Å². The third kappa shape index (κ3) is 19.6. The summed E-state index contributed by atoms with van der Waals surface area (Å²) in [5.41, 5.74) is 19.5. The minimum absolute atomic E-state index is 0.0745. The zero-order valence-electron chi connectivity index (χ0n) is 64.2. The van der Waals surface area contributed by atoms with E-state index in [9.17, 15) is 53.3 Å². The maximum atomic E-state index is 12.2. The second-order valence-corrected chi connectivity index (χ2v) is 39.0. The fraction of sp³-hybridized carbons (Fsp3) is 0.899. The average molecular weight is 1500 g/mol. The number of nitrogens with two attached hydrogens (primary N) is 3. The molecule has 103 heavy (non-hydrogen) atoms. The summed E-state index contributed by atoms with van der Waals surface area (Å²) in [6, 6.07) is 0. The number of H-pyrrole nitrogens is 1. The normalized spacial score (nSPS) is 40.6. The van der Waals surface area contributed by atoms with Crippen molar-refractivity contribution < 1.29 is 65.8 Å². The van der Waals surface area contributed by atoms with Crippen molar-refractivity contribution in [3.8, 4) is 0 Å². The summed E-state index contributed by atoms with van der Waals surface area (Å²) in [5, 5.41) is 3.39. The van der Waals surface area contributed by atoms with E-state index < -0.39 is 49.5 Å². The second-order valence-electron chi connectivity index (χ2n) is 36.0. The molecule has 13 rings (SSSR count). The molecule has 0 aromatic carbocycles. The van der Waals surface area contributed by atoms with Gasteiger partial charge in [0.25, 0.3) is 0 Å². The van der Waals surface area contributed by atoms with Gasteiger partial charge in [-0.05, 0) is 337 Å². The molecule has 0 aliphatic heterocycles. The van der Waals surface area contributed by atoms with Gasteiger partial charge in [-0.25, -0.2) is 30.2 Å². The molecule has 11 fully saturated rings. The topological polar surface area (TPSA) is 369 Å². The first-order valence-corrected chi connectivity index (χ1v) is 44.4. The van der Waals surface area contributed by atoms with Gasteiger partial charge in [-0.3, -0.25) is 26.9 Å². The Balaban J connectivity index is 0.000000157. The fourth-order valence-corrected chi connectivity index (χ4v) is 27.4. The Morgan fingerprint density at radius 2 is 0.874 bits per heavy atom. The number of rotatable bonds is 22. The van der Waals surface area contributed by atoms with Crippen molar-refractivity contribution in [3.63, 3.8) is 0 Å². The SMILES string of the molecule is CC(=O)[C@H]1CC[C@H]2[C@@H]3CC=C4C[C@@H](OS(=O)(=O)[O-])CC[C@]4(C)[C@H]3CC[C@]12C.CC(=O)[C@H]1CC[C@H]2[C@@H]3CC[C@@H]4C[C@H](OS(=O)(=O)[O-])CC[C@]4(C)[C@H]3CC[C@]12C.CC(=O)[C@H]1CC[C@H]2[C@@H]3CC[C@H]4C[C@H](OS(=O)(=O)[O-])CC[C@]4(C)[C@H]3CC[C@]12C.NCCCCCCCCNCCCN.NCCc1cnc[nH]1. The lowest BCUT2D eigenvalue weighted by atomic mass is 9.44. The van der Waals surface area contributed by atoms with Gasteiger partial charge in [-0.2, -0.15) is 0 Å². The van der Waals surface area contributed by atoms with Gasteiger partial charge < -0.3 is 41.2 Å². The lowest BCUT2D eigenvalue weighted by molar-refractivity contribution is -0.137. The first kappa shape index (κ1) is 84.4. The molecular formula is C79H133N6O15S3-3. The van der Waals surface area contributed by atoms with E-state index in [1.54, 1.807) is 33.3 Å². The van der Waals surface area contributed by atoms with Crippen molar-refractivity contribution in [2.75, 3.05) is 32.7 Å². The van der Waals surface area contributed by atoms with Gasteiger partial charge in [0.1, 0.15) is 17.3 Å². The number of ketones is 3. The van der Waals surface area contributed by atoms with E-state index >= 15 is 0 Å². The zero-order valence-corrected chi connectivity index (χ0v) is 66.6. The van der Waals surface area contributed by atoms with Crippen molar-refractivity contribution >= 4 is 48.5 Å². The molecule has 0 bridgehead atoms. The van der Waals surface area contributed by atoms with E-state index in [1.807, 2.05) is 0 Å². The van der Waals surface area contributed by atoms with E-state index in [4.69, 9.17) is 29.8 Å². The third-order valence-electron chi connectivity index (χ3n) is 30.9. The Morgan fingerprint density at radius 3 is 1.30 bits per heavy atom. The van der Waals surface area contributed by atoms with Crippen LogP contribution in [0.15, 0.2) is 24.2 Å². The number of Topliss-reactive ketones (excluding diaryl/α,β-unsaturated/α-hetero) is 3. The number of aromatic nitrogens is 2. The molecule has 11 saturated carbocycles. The van der Waals surface area contributed by atoms with Crippen molar-refractivity contribution in [1.29, 1.82) is 0 Å². The van der Waals surface area contributed by atoms with E-state index in [-0.39, 0.29) is 50.2 Å². The van der Waals surface area contributed by atoms with Gasteiger partial charge in [0.15, 0.2) is 0 Å². The highest BCUT2D eigenvalue weighted by Gasteiger charge is 2.64. The molecule has 590 valence electrons. The number of carbonyl (C=O) groups is 3. The summed E-state index contributed by atoms with van der Waals surface area (Å²) in [5.74, 6) is 8.47. The van der Waals surface area contributed by atoms with E-state index in [0.717, 1.165) is 135 Å². The van der Waals surface area contributed by atoms with Crippen LogP contribution in [0.4, 0.5) is 0 Å². The van der Waals surface area contributed by atoms with Crippen molar-refractivity contribution in [3.05, 3.63) is 29.9 Å². The highest BCUT2D eigenvalue weighted by molar-refractivity contribution is 7.81. The number of carbonyl (C=O) groups excluding carboxylic acids is 3. The Morgan fingerprint density at radius 1 is 0.476 bits per heavy atom. The second kappa shape index (κ2) is 35.2. The summed E-state index contributed by atoms with van der Waals surface area (Å²) >= 11 is 0. The lowest BCUT2D eigenvalue weighted by Gasteiger charge is -2.61. The standard InChI is InChI=1S/2C21H34O5S.C21H32O5S.C11H27N3.C5H9N3/c3*1-13(22)17-6-7-18-16-5-4-14-12-15(26-27(23,24)25)8-10-20(14,2)19(16)9-11-21(17,18)3;12-8-5-3-1-2-4-6-10-14-11-7-9-13;6-2-1-5-3-7-4-8-5/h2*14-19H,4-12H2,1-3H3,(H,23,24,25);4,15-19H,5-12H2,1-3H3,(H,23,24,25);14H,1-13H2;3-4H,1-2,6H2,(H,7,8)/p-3/t14-,15+,16-,17+,18-,19-,20-,21+;14-,15-,16+,17-,18+,19+,20+,21-;15-,16-,17+,18-,19-,20-,21+;;/m010../s1. The number of aromatic amines is 1. The Kier molecular flexibility index (Phi) is 28.8. The highest BCUT2D eigenvalue weighted by Crippen LogP contribution is 2.71. The molecule has 0 unspecified atom stereocenters. The minimum Gasteiger partial charge on any atom is -0.726 e. The quantitative estimate of drug-likeness (QED) is 0.0311. The molecule has 1 aromatic heterocycles. The van der Waals surface area contributed by atoms with Crippen LogP contribution in [0.1, 0.15) is 280 Å². The van der Waals surface area contributed by atoms with Crippen LogP contribution < -0.4 is 22.5 Å². The number of imidazole rings is 1. The Bertz CT molecular complexity index is 3230. The number of unbranched alkanes of at least 4 members (excludes halogenated alkanes) is 5. The number of nitrogens with zero attached hydrogens (tertiary/aromatic N) is 1. The van der Waals surface area contributed by atoms with Crippen LogP contribution in [0.3, 0.4) is 0 Å². The first-order chi connectivity index (χ1) is 48.5. The molecule has 24 heteroatoms. The molecule has 1 heterocycles. The first-order valence-electron chi connectivity index (χ1n) is 40.4. The van der Waals surface area contributed by atoms with Gasteiger partial charge in [0, 0.05) is 36.1 Å². The van der Waals surface area contributed by atoms with Crippen LogP contribution in [0, 0.1) is 115 Å². The van der Waals surface area contributed by atoms with Crippen LogP contribution in [0.2, 0.25) is 0 Å². The molecule has 12 aliphatic rings. The molecule has 12 aliphatic carbocycles. The molecule has 0 amide bonds. The molecule has 0 radical (unpaired) electrons. The summed E-state index contributed by atoms with van der Waals surface area (Å²) in [6.07, 6.45) is 39.9. The lowest BCUT2D eigenvalue weighted by Crippen LogP contribution is -2.54. The third-order valence-corrected chi connectivity index (χ3v) is 32.4. The molecular weight excluding hydrogens is 1370 g/mol. The molecule has 23 atom stereocenters. The van der Waals surface area contributed by atoms with Gasteiger partial charge in [0.05, 0.1) is 24.6 Å². The fourth-order valence-electron chi connectivity index (χ4n) is 25.9. The monoisotopic (exact) mass is 1500 g/mol. The van der Waals surface area contributed by atoms with Crippen LogP contribution in [0.25, 0.3) is 0 Å². The summed E-state index contributed by atoms with van der Waals surface area (Å²) in [4.78, 5) is 43.4. The maximum Gasteiger partial charge on any atom is 0.217 e. The number of allylic oxidation sites excluding steroid dienone is 1. The molecule has 1 aromatic rings. The van der Waals surface area contributed by atoms with Crippen molar-refractivity contribution in [2.24, 2.45) is 133 Å². The van der Waals surface area contributed by atoms with Crippen LogP contribution in [-0.4, -0.2) is 117 Å². The summed E-state index contributed by atoms with van der Waals surface area (Å²) in [7, 11) is -13.9. The average Bonchev–Trinajstić information content (AvgIpc) is 1.70. The number of hydrogen-bond donors (Lipinski definition) is 5. The minimum atomic E-state index is -4.65. The Hall–Kier alpha value is -2.59. The molecule has 21 nitrogen and oxygen atoms in total. The number of fused-ring (bicyclic) bond motifs is 15. The van der Waals surface area contributed by atoms with E-state index in [1.165, 1.54) is 82.6 Å².